The van der Waals surface area contributed by atoms with Gasteiger partial charge in [-0.05, 0) is 43.3 Å². The lowest BCUT2D eigenvalue weighted by atomic mass is 10.3. The van der Waals surface area contributed by atoms with Crippen molar-refractivity contribution in [1.82, 2.24) is 9.97 Å². The number of hydrogen-bond donors (Lipinski definition) is 2. The maximum absolute atomic E-state index is 12.4. The first-order chi connectivity index (χ1) is 12.7. The maximum Gasteiger partial charge on any atom is 0.274 e. The number of rotatable bonds is 6. The van der Waals surface area contributed by atoms with Gasteiger partial charge in [0.2, 0.25) is 5.95 Å². The molecule has 6 nitrogen and oxygen atoms in total. The number of aromatic nitrogens is 2. The van der Waals surface area contributed by atoms with Crippen LogP contribution in [-0.2, 0) is 0 Å². The molecule has 0 bridgehead atoms. The Kier molecular flexibility index (Phi) is 5.66. The number of halogens is 1. The van der Waals surface area contributed by atoms with Crippen molar-refractivity contribution >= 4 is 34.8 Å². The molecule has 2 N–H and O–H groups in total. The van der Waals surface area contributed by atoms with Crippen LogP contribution in [0.2, 0.25) is 5.02 Å². The normalized spacial score (nSPS) is 10.2. The van der Waals surface area contributed by atoms with E-state index in [-0.39, 0.29) is 11.6 Å². The predicted octanol–water partition coefficient (Wildman–Crippen LogP) is 4.52. The van der Waals surface area contributed by atoms with Gasteiger partial charge >= 0.3 is 0 Å². The number of ether oxygens (including phenoxy) is 1. The zero-order chi connectivity index (χ0) is 18.4. The Morgan fingerprint density at radius 2 is 2.00 bits per heavy atom. The maximum atomic E-state index is 12.4. The Bertz CT molecular complexity index is 917. The first-order valence-electron chi connectivity index (χ1n) is 8.04. The summed E-state index contributed by atoms with van der Waals surface area (Å²) in [5.41, 5.74) is 1.55. The molecule has 0 aliphatic carbocycles. The molecule has 2 aromatic carbocycles. The Labute approximate surface area is 156 Å². The van der Waals surface area contributed by atoms with Crippen molar-refractivity contribution in [3.63, 3.8) is 0 Å². The van der Waals surface area contributed by atoms with Gasteiger partial charge in [-0.2, -0.15) is 0 Å². The fourth-order valence-corrected chi connectivity index (χ4v) is 2.47. The van der Waals surface area contributed by atoms with Gasteiger partial charge in [-0.15, -0.1) is 0 Å². The Morgan fingerprint density at radius 1 is 1.15 bits per heavy atom. The fraction of sp³-hybridized carbons (Fsp3) is 0.105. The van der Waals surface area contributed by atoms with Gasteiger partial charge in [0, 0.05) is 16.9 Å². The molecule has 1 aromatic heterocycles. The van der Waals surface area contributed by atoms with Gasteiger partial charge in [-0.3, -0.25) is 4.79 Å². The van der Waals surface area contributed by atoms with Crippen LogP contribution in [0.25, 0.3) is 0 Å². The van der Waals surface area contributed by atoms with Crippen molar-refractivity contribution in [2.45, 2.75) is 6.92 Å². The highest BCUT2D eigenvalue weighted by atomic mass is 35.5. The number of amides is 1. The van der Waals surface area contributed by atoms with E-state index >= 15 is 0 Å². The SMILES string of the molecule is CCOc1ccccc1Nc1nccc(C(=O)Nc2cccc(Cl)c2)n1. The highest BCUT2D eigenvalue weighted by Crippen LogP contribution is 2.26. The summed E-state index contributed by atoms with van der Waals surface area (Å²) in [5, 5.41) is 6.37. The minimum absolute atomic E-state index is 0.233. The summed E-state index contributed by atoms with van der Waals surface area (Å²) in [6.45, 7) is 2.45. The molecule has 0 atom stereocenters. The van der Waals surface area contributed by atoms with Gasteiger partial charge in [-0.25, -0.2) is 9.97 Å². The monoisotopic (exact) mass is 368 g/mol. The van der Waals surface area contributed by atoms with E-state index in [1.54, 1.807) is 30.3 Å². The smallest absolute Gasteiger partial charge is 0.274 e. The van der Waals surface area contributed by atoms with Gasteiger partial charge in [0.25, 0.3) is 5.91 Å². The van der Waals surface area contributed by atoms with Crippen molar-refractivity contribution in [2.75, 3.05) is 17.2 Å². The number of anilines is 3. The number of carbonyl (C=O) groups is 1. The van der Waals surface area contributed by atoms with Crippen molar-refractivity contribution in [2.24, 2.45) is 0 Å². The van der Waals surface area contributed by atoms with Gasteiger partial charge in [0.1, 0.15) is 11.4 Å². The van der Waals surface area contributed by atoms with Crippen molar-refractivity contribution in [1.29, 1.82) is 0 Å². The van der Waals surface area contributed by atoms with Crippen molar-refractivity contribution < 1.29 is 9.53 Å². The highest BCUT2D eigenvalue weighted by molar-refractivity contribution is 6.30. The van der Waals surface area contributed by atoms with Crippen molar-refractivity contribution in [3.8, 4) is 5.75 Å². The second-order valence-corrected chi connectivity index (χ2v) is 5.72. The van der Waals surface area contributed by atoms with Crippen LogP contribution in [0.3, 0.4) is 0 Å². The molecule has 0 unspecified atom stereocenters. The molecule has 132 valence electrons. The minimum atomic E-state index is -0.351. The van der Waals surface area contributed by atoms with E-state index < -0.39 is 0 Å². The standard InChI is InChI=1S/C19H17ClN4O2/c1-2-26-17-9-4-3-8-15(17)23-19-21-11-10-16(24-19)18(25)22-14-7-5-6-13(20)12-14/h3-12H,2H2,1H3,(H,22,25)(H,21,23,24). The molecule has 0 radical (unpaired) electrons. The predicted molar refractivity (Wildman–Crippen MR) is 102 cm³/mol. The molecule has 0 fully saturated rings. The Hall–Kier alpha value is -3.12. The highest BCUT2D eigenvalue weighted by Gasteiger charge is 2.11. The molecular weight excluding hydrogens is 352 g/mol. The average molecular weight is 369 g/mol. The first kappa shape index (κ1) is 17.7. The molecule has 3 aromatic rings. The first-order valence-corrected chi connectivity index (χ1v) is 8.42. The van der Waals surface area contributed by atoms with Crippen LogP contribution >= 0.6 is 11.6 Å². The van der Waals surface area contributed by atoms with Crippen molar-refractivity contribution in [3.05, 3.63) is 71.5 Å². The van der Waals surface area contributed by atoms with Crippen LogP contribution in [0, 0.1) is 0 Å². The van der Waals surface area contributed by atoms with Crippen LogP contribution in [-0.4, -0.2) is 22.5 Å². The average Bonchev–Trinajstić information content (AvgIpc) is 2.64. The topological polar surface area (TPSA) is 76.1 Å². The summed E-state index contributed by atoms with van der Waals surface area (Å²) >= 11 is 5.93. The van der Waals surface area contributed by atoms with E-state index in [2.05, 4.69) is 20.6 Å². The molecule has 0 aliphatic heterocycles. The van der Waals surface area contributed by atoms with E-state index in [1.807, 2.05) is 31.2 Å². The summed E-state index contributed by atoms with van der Waals surface area (Å²) in [6.07, 6.45) is 1.52. The molecule has 0 saturated carbocycles. The van der Waals surface area contributed by atoms with Crippen LogP contribution in [0.5, 0.6) is 5.75 Å². The lowest BCUT2D eigenvalue weighted by molar-refractivity contribution is 0.102. The van der Waals surface area contributed by atoms with E-state index in [4.69, 9.17) is 16.3 Å². The number of para-hydroxylation sites is 2. The summed E-state index contributed by atoms with van der Waals surface area (Å²) in [5.74, 6) is 0.638. The molecule has 7 heteroatoms. The van der Waals surface area contributed by atoms with E-state index in [9.17, 15) is 4.79 Å². The van der Waals surface area contributed by atoms with Crippen LogP contribution in [0.15, 0.2) is 60.8 Å². The molecule has 0 spiro atoms. The third kappa shape index (κ3) is 4.49. The van der Waals surface area contributed by atoms with Crippen LogP contribution in [0.1, 0.15) is 17.4 Å². The lowest BCUT2D eigenvalue weighted by Gasteiger charge is -2.11. The summed E-state index contributed by atoms with van der Waals surface area (Å²) < 4.78 is 5.57. The molecule has 3 rings (SSSR count). The number of carbonyl (C=O) groups excluding carboxylic acids is 1. The molecular formula is C19H17ClN4O2. The number of nitrogens with zero attached hydrogens (tertiary/aromatic N) is 2. The molecule has 1 heterocycles. The van der Waals surface area contributed by atoms with E-state index in [1.165, 1.54) is 6.20 Å². The number of benzene rings is 2. The van der Waals surface area contributed by atoms with Crippen LogP contribution in [0.4, 0.5) is 17.3 Å². The van der Waals surface area contributed by atoms with E-state index in [0.29, 0.717) is 29.0 Å². The van der Waals surface area contributed by atoms with Gasteiger partial charge in [-0.1, -0.05) is 29.8 Å². The minimum Gasteiger partial charge on any atom is -0.492 e. The summed E-state index contributed by atoms with van der Waals surface area (Å²) in [6, 6.07) is 15.9. The molecule has 1 amide bonds. The summed E-state index contributed by atoms with van der Waals surface area (Å²) in [7, 11) is 0. The Balaban J connectivity index is 1.77. The second-order valence-electron chi connectivity index (χ2n) is 5.28. The fourth-order valence-electron chi connectivity index (χ4n) is 2.28. The largest absolute Gasteiger partial charge is 0.492 e. The number of nitrogens with one attached hydrogen (secondary N) is 2. The summed E-state index contributed by atoms with van der Waals surface area (Å²) in [4.78, 5) is 20.8. The molecule has 0 aliphatic rings. The van der Waals surface area contributed by atoms with Crippen LogP contribution < -0.4 is 15.4 Å². The van der Waals surface area contributed by atoms with Gasteiger partial charge < -0.3 is 15.4 Å². The molecule has 0 saturated heterocycles. The zero-order valence-electron chi connectivity index (χ0n) is 14.1. The van der Waals surface area contributed by atoms with Gasteiger partial charge in [0.05, 0.1) is 12.3 Å². The van der Waals surface area contributed by atoms with Gasteiger partial charge in [0.15, 0.2) is 0 Å². The quantitative estimate of drug-likeness (QED) is 0.668. The Morgan fingerprint density at radius 3 is 2.81 bits per heavy atom. The number of hydrogen-bond acceptors (Lipinski definition) is 5. The third-order valence-electron chi connectivity index (χ3n) is 3.40. The zero-order valence-corrected chi connectivity index (χ0v) is 14.8. The lowest BCUT2D eigenvalue weighted by Crippen LogP contribution is -2.14. The van der Waals surface area contributed by atoms with E-state index in [0.717, 1.165) is 5.69 Å². The second kappa shape index (κ2) is 8.31. The third-order valence-corrected chi connectivity index (χ3v) is 3.64. The molecule has 26 heavy (non-hydrogen) atoms.